The number of primary amides is 1. The van der Waals surface area contributed by atoms with Gasteiger partial charge in [0.05, 0.1) is 6.04 Å². The summed E-state index contributed by atoms with van der Waals surface area (Å²) in [5.74, 6) is 0.725. The number of nitrogens with two attached hydrogens (primary N) is 1. The molecule has 0 bridgehead atoms. The van der Waals surface area contributed by atoms with E-state index in [1.54, 1.807) is 12.1 Å². The molecule has 1 fully saturated rings. The normalized spacial score (nSPS) is 17.0. The first-order chi connectivity index (χ1) is 11.5. The molecule has 2 aromatic rings. The summed E-state index contributed by atoms with van der Waals surface area (Å²) in [5.41, 5.74) is 7.36. The maximum atomic E-state index is 12.8. The van der Waals surface area contributed by atoms with E-state index in [0.29, 0.717) is 18.7 Å². The lowest BCUT2D eigenvalue weighted by Crippen LogP contribution is -2.31. The van der Waals surface area contributed by atoms with E-state index in [-0.39, 0.29) is 11.9 Å². The summed E-state index contributed by atoms with van der Waals surface area (Å²) in [4.78, 5) is 25.4. The predicted molar refractivity (Wildman–Crippen MR) is 87.1 cm³/mol. The highest BCUT2D eigenvalue weighted by Crippen LogP contribution is 2.32. The average Bonchev–Trinajstić information content (AvgIpc) is 3.21. The second-order valence-corrected chi connectivity index (χ2v) is 5.93. The molecule has 0 aliphatic carbocycles. The van der Waals surface area contributed by atoms with Gasteiger partial charge in [-0.1, -0.05) is 17.3 Å². The second kappa shape index (κ2) is 6.74. The van der Waals surface area contributed by atoms with E-state index in [0.717, 1.165) is 29.9 Å². The minimum Gasteiger partial charge on any atom is -0.361 e. The Morgan fingerprint density at radius 2 is 2.12 bits per heavy atom. The van der Waals surface area contributed by atoms with Crippen LogP contribution in [0.5, 0.6) is 0 Å². The van der Waals surface area contributed by atoms with Gasteiger partial charge in [-0.25, -0.2) is 4.79 Å². The third-order valence-electron chi connectivity index (χ3n) is 4.17. The van der Waals surface area contributed by atoms with E-state index in [2.05, 4.69) is 10.5 Å². The Morgan fingerprint density at radius 1 is 1.38 bits per heavy atom. The first-order valence-electron chi connectivity index (χ1n) is 7.91. The molecule has 0 spiro atoms. The molecule has 3 amide bonds. The lowest BCUT2D eigenvalue weighted by Gasteiger charge is -2.23. The topological polar surface area (TPSA) is 101 Å². The van der Waals surface area contributed by atoms with E-state index in [1.165, 1.54) is 0 Å². The van der Waals surface area contributed by atoms with Gasteiger partial charge in [-0.05, 0) is 37.5 Å². The van der Waals surface area contributed by atoms with Crippen LogP contribution in [0.4, 0.5) is 4.79 Å². The summed E-state index contributed by atoms with van der Waals surface area (Å²) in [6, 6.07) is 8.44. The highest BCUT2D eigenvalue weighted by atomic mass is 16.5. The monoisotopic (exact) mass is 328 g/mol. The van der Waals surface area contributed by atoms with Crippen molar-refractivity contribution >= 4 is 11.9 Å². The molecule has 1 saturated heterocycles. The largest absolute Gasteiger partial charge is 0.361 e. The van der Waals surface area contributed by atoms with Crippen molar-refractivity contribution in [2.45, 2.75) is 32.4 Å². The summed E-state index contributed by atoms with van der Waals surface area (Å²) < 4.78 is 5.14. The number of nitrogens with one attached hydrogen (secondary N) is 1. The Morgan fingerprint density at radius 3 is 2.75 bits per heavy atom. The van der Waals surface area contributed by atoms with Crippen LogP contribution in [-0.4, -0.2) is 28.5 Å². The van der Waals surface area contributed by atoms with Crippen molar-refractivity contribution in [2.24, 2.45) is 5.73 Å². The minimum atomic E-state index is -0.571. The zero-order chi connectivity index (χ0) is 17.1. The zero-order valence-corrected chi connectivity index (χ0v) is 13.5. The van der Waals surface area contributed by atoms with Gasteiger partial charge in [0.25, 0.3) is 5.91 Å². The van der Waals surface area contributed by atoms with Gasteiger partial charge < -0.3 is 20.5 Å². The van der Waals surface area contributed by atoms with Crippen molar-refractivity contribution in [1.82, 2.24) is 15.4 Å². The smallest absolute Gasteiger partial charge is 0.312 e. The fourth-order valence-electron chi connectivity index (χ4n) is 2.98. The molecule has 3 N–H and O–H groups in total. The van der Waals surface area contributed by atoms with Crippen molar-refractivity contribution in [3.05, 3.63) is 52.9 Å². The first-order valence-corrected chi connectivity index (χ1v) is 7.91. The number of aryl methyl sites for hydroxylation is 1. The molecule has 7 heteroatoms. The Labute approximate surface area is 139 Å². The SMILES string of the molecule is Cc1cc(C2CCCN2C(=O)c2ccc(CNC(N)=O)cc2)no1. The van der Waals surface area contributed by atoms with E-state index < -0.39 is 6.03 Å². The van der Waals surface area contributed by atoms with Crippen LogP contribution in [0.2, 0.25) is 0 Å². The molecule has 1 aromatic heterocycles. The molecule has 0 radical (unpaired) electrons. The van der Waals surface area contributed by atoms with Gasteiger partial charge in [-0.15, -0.1) is 0 Å². The van der Waals surface area contributed by atoms with Crippen molar-refractivity contribution in [2.75, 3.05) is 6.54 Å². The van der Waals surface area contributed by atoms with Crippen molar-refractivity contribution in [3.8, 4) is 0 Å². The summed E-state index contributed by atoms with van der Waals surface area (Å²) in [6.45, 7) is 2.89. The quantitative estimate of drug-likeness (QED) is 0.897. The van der Waals surface area contributed by atoms with Crippen LogP contribution in [0.3, 0.4) is 0 Å². The van der Waals surface area contributed by atoms with Crippen LogP contribution in [0.25, 0.3) is 0 Å². The number of aromatic nitrogens is 1. The van der Waals surface area contributed by atoms with Gasteiger partial charge in [0, 0.05) is 24.7 Å². The van der Waals surface area contributed by atoms with Gasteiger partial charge in [-0.3, -0.25) is 4.79 Å². The highest BCUT2D eigenvalue weighted by Gasteiger charge is 2.32. The molecular formula is C17H20N4O3. The standard InChI is InChI=1S/C17H20N4O3/c1-11-9-14(20-24-11)15-3-2-8-21(15)16(22)13-6-4-12(5-7-13)10-19-17(18)23/h4-7,9,15H,2-3,8,10H2,1H3,(H3,18,19,23). The van der Waals surface area contributed by atoms with E-state index >= 15 is 0 Å². The number of carbonyl (C=O) groups is 2. The van der Waals surface area contributed by atoms with Crippen LogP contribution < -0.4 is 11.1 Å². The Hall–Kier alpha value is -2.83. The highest BCUT2D eigenvalue weighted by molar-refractivity contribution is 5.94. The molecule has 2 heterocycles. The number of amides is 3. The number of urea groups is 1. The number of nitrogens with zero attached hydrogens (tertiary/aromatic N) is 2. The summed E-state index contributed by atoms with van der Waals surface area (Å²) in [7, 11) is 0. The van der Waals surface area contributed by atoms with Crippen LogP contribution in [0, 0.1) is 6.92 Å². The number of likely N-dealkylation sites (tertiary alicyclic amines) is 1. The van der Waals surface area contributed by atoms with Crippen LogP contribution >= 0.6 is 0 Å². The van der Waals surface area contributed by atoms with Crippen LogP contribution in [0.1, 0.15) is 46.3 Å². The Bertz CT molecular complexity index is 739. The third-order valence-corrected chi connectivity index (χ3v) is 4.17. The Kier molecular flexibility index (Phi) is 4.50. The number of hydrogen-bond acceptors (Lipinski definition) is 4. The summed E-state index contributed by atoms with van der Waals surface area (Å²) in [5, 5.41) is 6.58. The number of carbonyl (C=O) groups excluding carboxylic acids is 2. The molecular weight excluding hydrogens is 308 g/mol. The van der Waals surface area contributed by atoms with Gasteiger partial charge >= 0.3 is 6.03 Å². The van der Waals surface area contributed by atoms with Crippen molar-refractivity contribution in [3.63, 3.8) is 0 Å². The fraction of sp³-hybridized carbons (Fsp3) is 0.353. The maximum absolute atomic E-state index is 12.8. The number of rotatable bonds is 4. The van der Waals surface area contributed by atoms with E-state index in [1.807, 2.05) is 30.0 Å². The fourth-order valence-corrected chi connectivity index (χ4v) is 2.98. The summed E-state index contributed by atoms with van der Waals surface area (Å²) in [6.07, 6.45) is 1.83. The van der Waals surface area contributed by atoms with Crippen LogP contribution in [0.15, 0.2) is 34.9 Å². The van der Waals surface area contributed by atoms with Gasteiger partial charge in [0.1, 0.15) is 11.5 Å². The molecule has 3 rings (SSSR count). The third kappa shape index (κ3) is 3.40. The number of benzene rings is 1. The average molecular weight is 328 g/mol. The summed E-state index contributed by atoms with van der Waals surface area (Å²) >= 11 is 0. The number of hydrogen-bond donors (Lipinski definition) is 2. The molecule has 126 valence electrons. The van der Waals surface area contributed by atoms with Gasteiger partial charge in [-0.2, -0.15) is 0 Å². The zero-order valence-electron chi connectivity index (χ0n) is 13.5. The molecule has 0 saturated carbocycles. The van der Waals surface area contributed by atoms with Crippen molar-refractivity contribution < 1.29 is 14.1 Å². The lowest BCUT2D eigenvalue weighted by molar-refractivity contribution is 0.0731. The molecule has 1 unspecified atom stereocenters. The van der Waals surface area contributed by atoms with Gasteiger partial charge in [0.15, 0.2) is 0 Å². The predicted octanol–water partition coefficient (Wildman–Crippen LogP) is 2.13. The van der Waals surface area contributed by atoms with E-state index in [4.69, 9.17) is 10.3 Å². The van der Waals surface area contributed by atoms with Gasteiger partial charge in [0.2, 0.25) is 0 Å². The maximum Gasteiger partial charge on any atom is 0.312 e. The van der Waals surface area contributed by atoms with E-state index in [9.17, 15) is 9.59 Å². The lowest BCUT2D eigenvalue weighted by atomic mass is 10.1. The molecule has 24 heavy (non-hydrogen) atoms. The first kappa shape index (κ1) is 16.0. The molecule has 1 aromatic carbocycles. The molecule has 7 nitrogen and oxygen atoms in total. The second-order valence-electron chi connectivity index (χ2n) is 5.93. The minimum absolute atomic E-state index is 0.0208. The van der Waals surface area contributed by atoms with Crippen LogP contribution in [-0.2, 0) is 6.54 Å². The Balaban J connectivity index is 1.72. The molecule has 1 atom stereocenters. The van der Waals surface area contributed by atoms with Crippen molar-refractivity contribution in [1.29, 1.82) is 0 Å². The molecule has 1 aliphatic heterocycles. The molecule has 1 aliphatic rings.